The van der Waals surface area contributed by atoms with Crippen molar-refractivity contribution in [3.05, 3.63) is 33.8 Å². The minimum Gasteiger partial charge on any atom is -0.469 e. The number of carbonyl (C=O) groups excluding carboxylic acids is 1. The lowest BCUT2D eigenvalue weighted by molar-refractivity contribution is -0.143. The molecule has 0 aromatic heterocycles. The minimum atomic E-state index is -0.238. The lowest BCUT2D eigenvalue weighted by Crippen LogP contribution is -2.19. The van der Waals surface area contributed by atoms with E-state index in [9.17, 15) is 4.79 Å². The van der Waals surface area contributed by atoms with Crippen molar-refractivity contribution in [2.45, 2.75) is 44.4 Å². The number of hydrogen-bond donors (Lipinski definition) is 0. The average molecular weight is 315 g/mol. The Balaban J connectivity index is 2.17. The lowest BCUT2D eigenvalue weighted by Gasteiger charge is -2.25. The minimum absolute atomic E-state index is 0.186. The van der Waals surface area contributed by atoms with Crippen LogP contribution in [-0.4, -0.2) is 13.1 Å². The second-order valence-corrected chi connectivity index (χ2v) is 6.30. The average Bonchev–Trinajstić information content (AvgIpc) is 2.48. The Morgan fingerprint density at radius 2 is 1.95 bits per heavy atom. The molecule has 110 valence electrons. The van der Waals surface area contributed by atoms with Crippen molar-refractivity contribution in [3.8, 4) is 0 Å². The Morgan fingerprint density at radius 1 is 1.25 bits per heavy atom. The Hall–Kier alpha value is -0.730. The zero-order chi connectivity index (χ0) is 14.5. The molecule has 1 atom stereocenters. The van der Waals surface area contributed by atoms with Gasteiger partial charge in [-0.05, 0) is 30.0 Å². The van der Waals surface area contributed by atoms with Crippen LogP contribution in [0, 0.1) is 5.92 Å². The first-order valence-electron chi connectivity index (χ1n) is 7.14. The van der Waals surface area contributed by atoms with Crippen molar-refractivity contribution in [3.63, 3.8) is 0 Å². The van der Waals surface area contributed by atoms with Crippen molar-refractivity contribution in [2.75, 3.05) is 7.11 Å². The highest BCUT2D eigenvalue weighted by molar-refractivity contribution is 6.42. The SMILES string of the molecule is COC(=O)C(CC1CCCCC1)c1ccc(Cl)c(Cl)c1. The van der Waals surface area contributed by atoms with Crippen LogP contribution in [-0.2, 0) is 9.53 Å². The van der Waals surface area contributed by atoms with Gasteiger partial charge in [0.25, 0.3) is 0 Å². The summed E-state index contributed by atoms with van der Waals surface area (Å²) in [5.41, 5.74) is 0.900. The quantitative estimate of drug-likeness (QED) is 0.712. The van der Waals surface area contributed by atoms with Gasteiger partial charge in [-0.3, -0.25) is 4.79 Å². The van der Waals surface area contributed by atoms with E-state index in [1.54, 1.807) is 12.1 Å². The van der Waals surface area contributed by atoms with Gasteiger partial charge >= 0.3 is 5.97 Å². The molecule has 1 unspecified atom stereocenters. The highest BCUT2D eigenvalue weighted by atomic mass is 35.5. The van der Waals surface area contributed by atoms with Crippen LogP contribution >= 0.6 is 23.2 Å². The maximum absolute atomic E-state index is 12.1. The second kappa shape index (κ2) is 7.33. The molecule has 2 rings (SSSR count). The largest absolute Gasteiger partial charge is 0.469 e. The third-order valence-corrected chi connectivity index (χ3v) is 4.86. The topological polar surface area (TPSA) is 26.3 Å². The van der Waals surface area contributed by atoms with Gasteiger partial charge in [-0.1, -0.05) is 61.4 Å². The van der Waals surface area contributed by atoms with E-state index >= 15 is 0 Å². The summed E-state index contributed by atoms with van der Waals surface area (Å²) in [7, 11) is 1.44. The predicted octanol–water partition coefficient (Wildman–Crippen LogP) is 5.22. The summed E-state index contributed by atoms with van der Waals surface area (Å²) in [6, 6.07) is 5.41. The van der Waals surface area contributed by atoms with Crippen LogP contribution in [0.25, 0.3) is 0 Å². The molecule has 0 aliphatic heterocycles. The maximum Gasteiger partial charge on any atom is 0.313 e. The van der Waals surface area contributed by atoms with E-state index < -0.39 is 0 Å². The number of hydrogen-bond acceptors (Lipinski definition) is 2. The molecule has 1 aromatic rings. The number of rotatable bonds is 4. The van der Waals surface area contributed by atoms with Gasteiger partial charge < -0.3 is 4.74 Å². The summed E-state index contributed by atoms with van der Waals surface area (Å²) in [5.74, 6) is 0.175. The van der Waals surface area contributed by atoms with Crippen LogP contribution in [0.2, 0.25) is 10.0 Å². The monoisotopic (exact) mass is 314 g/mol. The Kier molecular flexibility index (Phi) is 5.74. The molecule has 1 fully saturated rings. The van der Waals surface area contributed by atoms with Crippen molar-refractivity contribution in [1.82, 2.24) is 0 Å². The van der Waals surface area contributed by atoms with Crippen LogP contribution in [0.5, 0.6) is 0 Å². The van der Waals surface area contributed by atoms with Crippen LogP contribution in [0.1, 0.15) is 50.0 Å². The fourth-order valence-electron chi connectivity index (χ4n) is 3.00. The Morgan fingerprint density at radius 3 is 2.55 bits per heavy atom. The Bertz CT molecular complexity index is 468. The molecule has 20 heavy (non-hydrogen) atoms. The summed E-state index contributed by atoms with van der Waals surface area (Å²) >= 11 is 12.0. The summed E-state index contributed by atoms with van der Waals surface area (Å²) in [6.45, 7) is 0. The fourth-order valence-corrected chi connectivity index (χ4v) is 3.30. The number of ether oxygens (including phenoxy) is 1. The van der Waals surface area contributed by atoms with Crippen molar-refractivity contribution in [1.29, 1.82) is 0 Å². The summed E-state index contributed by atoms with van der Waals surface area (Å²) in [4.78, 5) is 12.1. The molecule has 0 radical (unpaired) electrons. The van der Waals surface area contributed by atoms with Crippen LogP contribution in [0.3, 0.4) is 0 Å². The smallest absolute Gasteiger partial charge is 0.313 e. The highest BCUT2D eigenvalue weighted by Gasteiger charge is 2.26. The zero-order valence-electron chi connectivity index (χ0n) is 11.7. The molecule has 0 bridgehead atoms. The molecule has 1 saturated carbocycles. The second-order valence-electron chi connectivity index (χ2n) is 5.49. The van der Waals surface area contributed by atoms with Crippen LogP contribution in [0.15, 0.2) is 18.2 Å². The van der Waals surface area contributed by atoms with Gasteiger partial charge in [-0.2, -0.15) is 0 Å². The van der Waals surface area contributed by atoms with Gasteiger partial charge in [-0.25, -0.2) is 0 Å². The maximum atomic E-state index is 12.1. The van der Waals surface area contributed by atoms with E-state index in [1.165, 1.54) is 39.2 Å². The fraction of sp³-hybridized carbons (Fsp3) is 0.562. The number of esters is 1. The van der Waals surface area contributed by atoms with E-state index in [4.69, 9.17) is 27.9 Å². The molecular formula is C16H20Cl2O2. The van der Waals surface area contributed by atoms with E-state index in [0.717, 1.165) is 12.0 Å². The van der Waals surface area contributed by atoms with Gasteiger partial charge in [-0.15, -0.1) is 0 Å². The van der Waals surface area contributed by atoms with E-state index in [0.29, 0.717) is 16.0 Å². The molecule has 0 heterocycles. The predicted molar refractivity (Wildman–Crippen MR) is 82.4 cm³/mol. The summed E-state index contributed by atoms with van der Waals surface area (Å²) in [6.07, 6.45) is 7.08. The third kappa shape index (κ3) is 3.89. The van der Waals surface area contributed by atoms with Gasteiger partial charge in [0, 0.05) is 0 Å². The standard InChI is InChI=1S/C16H20Cl2O2/c1-20-16(19)13(9-11-5-3-2-4-6-11)12-7-8-14(17)15(18)10-12/h7-8,10-11,13H,2-6,9H2,1H3. The molecule has 0 amide bonds. The van der Waals surface area contributed by atoms with Gasteiger partial charge in [0.15, 0.2) is 0 Å². The molecular weight excluding hydrogens is 295 g/mol. The number of benzene rings is 1. The first kappa shape index (κ1) is 15.7. The number of halogens is 2. The Labute approximate surface area is 130 Å². The van der Waals surface area contributed by atoms with E-state index in [1.807, 2.05) is 6.07 Å². The zero-order valence-corrected chi connectivity index (χ0v) is 13.2. The first-order chi connectivity index (χ1) is 9.61. The van der Waals surface area contributed by atoms with Crippen LogP contribution in [0.4, 0.5) is 0 Å². The normalized spacial score (nSPS) is 17.8. The molecule has 0 spiro atoms. The molecule has 1 aromatic carbocycles. The third-order valence-electron chi connectivity index (χ3n) is 4.13. The van der Waals surface area contributed by atoms with Crippen molar-refractivity contribution in [2.24, 2.45) is 5.92 Å². The van der Waals surface area contributed by atoms with Gasteiger partial charge in [0.2, 0.25) is 0 Å². The van der Waals surface area contributed by atoms with E-state index in [2.05, 4.69) is 0 Å². The highest BCUT2D eigenvalue weighted by Crippen LogP contribution is 2.35. The number of methoxy groups -OCH3 is 1. The van der Waals surface area contributed by atoms with Crippen LogP contribution < -0.4 is 0 Å². The van der Waals surface area contributed by atoms with Crippen molar-refractivity contribution >= 4 is 29.2 Å². The summed E-state index contributed by atoms with van der Waals surface area (Å²) in [5, 5.41) is 0.999. The van der Waals surface area contributed by atoms with E-state index in [-0.39, 0.29) is 11.9 Å². The number of carbonyl (C=O) groups is 1. The lowest BCUT2D eigenvalue weighted by atomic mass is 9.80. The van der Waals surface area contributed by atoms with Gasteiger partial charge in [0.1, 0.15) is 0 Å². The molecule has 1 aliphatic carbocycles. The summed E-state index contributed by atoms with van der Waals surface area (Å²) < 4.78 is 4.96. The van der Waals surface area contributed by atoms with Gasteiger partial charge in [0.05, 0.1) is 23.1 Å². The molecule has 1 aliphatic rings. The molecule has 0 N–H and O–H groups in total. The molecule has 2 nitrogen and oxygen atoms in total. The first-order valence-corrected chi connectivity index (χ1v) is 7.90. The molecule has 0 saturated heterocycles. The van der Waals surface area contributed by atoms with Crippen molar-refractivity contribution < 1.29 is 9.53 Å². The molecule has 4 heteroatoms.